The van der Waals surface area contributed by atoms with E-state index >= 15 is 4.39 Å². The molecule has 2 saturated heterocycles. The molecule has 8 heteroatoms. The van der Waals surface area contributed by atoms with Crippen molar-refractivity contribution in [3.63, 3.8) is 0 Å². The predicted molar refractivity (Wildman–Crippen MR) is 129 cm³/mol. The summed E-state index contributed by atoms with van der Waals surface area (Å²) in [6.45, 7) is 10.8. The number of likely N-dealkylation sites (tertiary alicyclic amines) is 1. The molecule has 3 heterocycles. The summed E-state index contributed by atoms with van der Waals surface area (Å²) in [6, 6.07) is 5.15. The molecule has 0 spiro atoms. The summed E-state index contributed by atoms with van der Waals surface area (Å²) in [5.74, 6) is 0.571. The first kappa shape index (κ1) is 25.5. The Bertz CT molecular complexity index is 1000. The Morgan fingerprint density at radius 1 is 1.29 bits per heavy atom. The number of alkyl halides is 3. The van der Waals surface area contributed by atoms with Crippen LogP contribution < -0.4 is 4.74 Å². The van der Waals surface area contributed by atoms with Crippen LogP contribution in [0.15, 0.2) is 24.4 Å². The standard InChI is InChI=1S/C26H35F3N2O2S/c1-17-6-7-21(33-23(27)28)20(8-17)22-30-10-19(34-22)12-31-11-18(24(2,3)4)9-25(5,14-31)13-26(29)15-32-16-26/h6-8,10,18,23H,9,11-16H2,1-5H3. The van der Waals surface area contributed by atoms with Crippen molar-refractivity contribution >= 4 is 11.3 Å². The summed E-state index contributed by atoms with van der Waals surface area (Å²) in [6.07, 6.45) is 3.32. The minimum Gasteiger partial charge on any atom is -0.434 e. The zero-order valence-electron chi connectivity index (χ0n) is 20.7. The van der Waals surface area contributed by atoms with E-state index in [-0.39, 0.29) is 29.8 Å². The molecule has 0 bridgehead atoms. The summed E-state index contributed by atoms with van der Waals surface area (Å²) < 4.78 is 50.8. The van der Waals surface area contributed by atoms with Gasteiger partial charge in [0, 0.05) is 30.7 Å². The van der Waals surface area contributed by atoms with E-state index in [0.29, 0.717) is 29.5 Å². The van der Waals surface area contributed by atoms with Gasteiger partial charge in [-0.1, -0.05) is 39.3 Å². The number of rotatable bonds is 7. The molecule has 2 unspecified atom stereocenters. The highest BCUT2D eigenvalue weighted by Gasteiger charge is 2.49. The highest BCUT2D eigenvalue weighted by molar-refractivity contribution is 7.15. The van der Waals surface area contributed by atoms with E-state index in [1.807, 2.05) is 19.2 Å². The Kier molecular flexibility index (Phi) is 7.06. The average molecular weight is 497 g/mol. The summed E-state index contributed by atoms with van der Waals surface area (Å²) >= 11 is 1.50. The molecule has 1 aromatic heterocycles. The van der Waals surface area contributed by atoms with Crippen molar-refractivity contribution in [2.75, 3.05) is 26.3 Å². The van der Waals surface area contributed by atoms with Crippen molar-refractivity contribution in [3.05, 3.63) is 34.8 Å². The summed E-state index contributed by atoms with van der Waals surface area (Å²) in [4.78, 5) is 8.00. The molecule has 4 nitrogen and oxygen atoms in total. The molecule has 2 atom stereocenters. The van der Waals surface area contributed by atoms with E-state index < -0.39 is 12.3 Å². The zero-order chi connectivity index (χ0) is 24.7. The number of piperidine rings is 1. The molecule has 2 fully saturated rings. The molecule has 0 radical (unpaired) electrons. The number of thiazole rings is 1. The summed E-state index contributed by atoms with van der Waals surface area (Å²) in [7, 11) is 0. The second-order valence-electron chi connectivity index (χ2n) is 11.6. The minimum atomic E-state index is -2.89. The third-order valence-corrected chi connectivity index (χ3v) is 8.04. The van der Waals surface area contributed by atoms with E-state index in [1.54, 1.807) is 12.1 Å². The maximum absolute atomic E-state index is 15.0. The monoisotopic (exact) mass is 496 g/mol. The number of hydrogen-bond donors (Lipinski definition) is 0. The molecule has 1 aromatic carbocycles. The van der Waals surface area contributed by atoms with Gasteiger partial charge in [-0.2, -0.15) is 8.78 Å². The first-order chi connectivity index (χ1) is 15.8. The molecule has 2 aliphatic heterocycles. The third kappa shape index (κ3) is 5.94. The fourth-order valence-corrected chi connectivity index (χ4v) is 6.37. The molecule has 4 rings (SSSR count). The predicted octanol–water partition coefficient (Wildman–Crippen LogP) is 6.72. The number of hydrogen-bond acceptors (Lipinski definition) is 5. The Labute approximate surface area is 204 Å². The molecule has 0 saturated carbocycles. The van der Waals surface area contributed by atoms with E-state index in [1.165, 1.54) is 11.3 Å². The first-order valence-electron chi connectivity index (χ1n) is 11.8. The lowest BCUT2D eigenvalue weighted by Crippen LogP contribution is -2.55. The quantitative estimate of drug-likeness (QED) is 0.426. The second kappa shape index (κ2) is 9.43. The van der Waals surface area contributed by atoms with Gasteiger partial charge in [-0.15, -0.1) is 11.3 Å². The normalized spacial score (nSPS) is 25.4. The van der Waals surface area contributed by atoms with Crippen LogP contribution >= 0.6 is 11.3 Å². The maximum Gasteiger partial charge on any atom is 0.387 e. The molecule has 0 amide bonds. The van der Waals surface area contributed by atoms with Crippen LogP contribution in [0.5, 0.6) is 5.75 Å². The van der Waals surface area contributed by atoms with Gasteiger partial charge in [0.15, 0.2) is 5.67 Å². The van der Waals surface area contributed by atoms with Crippen LogP contribution in [0.4, 0.5) is 13.2 Å². The van der Waals surface area contributed by atoms with Crippen molar-refractivity contribution < 1.29 is 22.6 Å². The lowest BCUT2D eigenvalue weighted by atomic mass is 9.64. The molecule has 0 aliphatic carbocycles. The largest absolute Gasteiger partial charge is 0.434 e. The van der Waals surface area contributed by atoms with Crippen molar-refractivity contribution in [1.82, 2.24) is 9.88 Å². The Morgan fingerprint density at radius 2 is 2.03 bits per heavy atom. The third-order valence-electron chi connectivity index (χ3n) is 7.03. The Hall–Kier alpha value is -1.64. The smallest absolute Gasteiger partial charge is 0.387 e. The van der Waals surface area contributed by atoms with Crippen LogP contribution in [0, 0.1) is 23.7 Å². The van der Waals surface area contributed by atoms with Gasteiger partial charge in [-0.3, -0.25) is 4.90 Å². The van der Waals surface area contributed by atoms with Crippen LogP contribution in [0.3, 0.4) is 0 Å². The highest BCUT2D eigenvalue weighted by atomic mass is 32.1. The number of aromatic nitrogens is 1. The summed E-state index contributed by atoms with van der Waals surface area (Å²) in [5, 5.41) is 0.663. The zero-order valence-corrected chi connectivity index (χ0v) is 21.5. The van der Waals surface area contributed by atoms with Gasteiger partial charge >= 0.3 is 6.61 Å². The minimum absolute atomic E-state index is 0.113. The van der Waals surface area contributed by atoms with Crippen molar-refractivity contribution in [2.45, 2.75) is 66.3 Å². The van der Waals surface area contributed by atoms with Crippen LogP contribution in [-0.4, -0.2) is 48.5 Å². The fourth-order valence-electron chi connectivity index (χ4n) is 5.39. The van der Waals surface area contributed by atoms with Gasteiger partial charge in [-0.25, -0.2) is 9.37 Å². The molecule has 0 N–H and O–H groups in total. The lowest BCUT2D eigenvalue weighted by molar-refractivity contribution is -0.157. The van der Waals surface area contributed by atoms with Crippen LogP contribution in [0.1, 0.15) is 51.0 Å². The maximum atomic E-state index is 15.0. The number of benzene rings is 1. The van der Waals surface area contributed by atoms with Crippen LogP contribution in [0.2, 0.25) is 0 Å². The van der Waals surface area contributed by atoms with Gasteiger partial charge in [0.05, 0.1) is 18.8 Å². The van der Waals surface area contributed by atoms with E-state index in [2.05, 4.69) is 37.6 Å². The molecule has 2 aliphatic rings. The fraction of sp³-hybridized carbons (Fsp3) is 0.654. The van der Waals surface area contributed by atoms with Crippen molar-refractivity contribution in [1.29, 1.82) is 0 Å². The molecule has 34 heavy (non-hydrogen) atoms. The lowest BCUT2D eigenvalue weighted by Gasteiger charge is -2.51. The van der Waals surface area contributed by atoms with E-state index in [0.717, 1.165) is 30.0 Å². The van der Waals surface area contributed by atoms with Gasteiger partial charge in [0.1, 0.15) is 10.8 Å². The number of halogens is 3. The molecule has 2 aromatic rings. The number of aryl methyl sites for hydroxylation is 1. The van der Waals surface area contributed by atoms with Gasteiger partial charge in [0.25, 0.3) is 0 Å². The Balaban J connectivity index is 1.54. The second-order valence-corrected chi connectivity index (χ2v) is 12.7. The van der Waals surface area contributed by atoms with Crippen molar-refractivity contribution in [2.24, 2.45) is 16.7 Å². The number of nitrogens with zero attached hydrogens (tertiary/aromatic N) is 2. The highest BCUT2D eigenvalue weighted by Crippen LogP contribution is 2.47. The van der Waals surface area contributed by atoms with Crippen LogP contribution in [-0.2, 0) is 11.3 Å². The van der Waals surface area contributed by atoms with Gasteiger partial charge in [-0.05, 0) is 48.6 Å². The van der Waals surface area contributed by atoms with Gasteiger partial charge in [0.2, 0.25) is 0 Å². The van der Waals surface area contributed by atoms with Crippen LogP contribution in [0.25, 0.3) is 10.6 Å². The summed E-state index contributed by atoms with van der Waals surface area (Å²) in [5.41, 5.74) is 0.285. The molecule has 188 valence electrons. The Morgan fingerprint density at radius 3 is 2.65 bits per heavy atom. The number of ether oxygens (including phenoxy) is 2. The average Bonchev–Trinajstić information content (AvgIpc) is 3.14. The van der Waals surface area contributed by atoms with E-state index in [4.69, 9.17) is 9.47 Å². The SMILES string of the molecule is Cc1ccc(OC(F)F)c(-c2ncc(CN3CC(C(C)(C)C)CC(C)(CC4(F)COC4)C3)s2)c1. The first-order valence-corrected chi connectivity index (χ1v) is 12.7. The molecular formula is C26H35F3N2O2S. The topological polar surface area (TPSA) is 34.6 Å². The van der Waals surface area contributed by atoms with Gasteiger partial charge < -0.3 is 9.47 Å². The van der Waals surface area contributed by atoms with E-state index in [9.17, 15) is 8.78 Å². The van der Waals surface area contributed by atoms with Crippen molar-refractivity contribution in [3.8, 4) is 16.3 Å². The molecular weight excluding hydrogens is 461 g/mol.